The third kappa shape index (κ3) is 7.16. The minimum absolute atomic E-state index is 0.158. The van der Waals surface area contributed by atoms with Crippen LogP contribution < -0.4 is 4.90 Å². The van der Waals surface area contributed by atoms with Crippen molar-refractivity contribution >= 4 is 49.6 Å². The maximum absolute atomic E-state index is 11.4. The fraction of sp³-hybridized carbons (Fsp3) is 0.405. The van der Waals surface area contributed by atoms with Gasteiger partial charge in [0.25, 0.3) is 10.1 Å². The van der Waals surface area contributed by atoms with Gasteiger partial charge in [-0.1, -0.05) is 80.1 Å². The molecule has 8 heteroatoms. The lowest BCUT2D eigenvalue weighted by molar-refractivity contribution is -0.438. The molecule has 2 heterocycles. The first-order chi connectivity index (χ1) is 23.8. The minimum Gasteiger partial charge on any atom is -0.396 e. The number of aliphatic hydroxyl groups is 1. The van der Waals surface area contributed by atoms with Crippen LogP contribution in [-0.4, -0.2) is 53.8 Å². The van der Waals surface area contributed by atoms with Crippen LogP contribution in [0.1, 0.15) is 83.8 Å². The van der Waals surface area contributed by atoms with Crippen molar-refractivity contribution < 1.29 is 22.7 Å². The number of fused-ring (bicyclic) bond motifs is 4. The normalized spacial score (nSPS) is 20.2. The van der Waals surface area contributed by atoms with Crippen LogP contribution in [0.25, 0.3) is 10.8 Å². The zero-order chi connectivity index (χ0) is 35.7. The van der Waals surface area contributed by atoms with E-state index in [1.807, 2.05) is 0 Å². The molecule has 0 saturated heterocycles. The van der Waals surface area contributed by atoms with Gasteiger partial charge >= 0.3 is 0 Å². The van der Waals surface area contributed by atoms with Gasteiger partial charge in [0.05, 0.1) is 11.2 Å². The Balaban J connectivity index is 1.34. The smallest absolute Gasteiger partial charge is 0.264 e. The number of nitrogens with zero attached hydrogens (tertiary/aromatic N) is 2. The van der Waals surface area contributed by atoms with Crippen molar-refractivity contribution in [1.82, 2.24) is 0 Å². The van der Waals surface area contributed by atoms with E-state index in [4.69, 9.17) is 11.6 Å². The van der Waals surface area contributed by atoms with E-state index >= 15 is 0 Å². The Hall–Kier alpha value is -3.49. The van der Waals surface area contributed by atoms with E-state index in [0.29, 0.717) is 19.4 Å². The maximum Gasteiger partial charge on any atom is 0.264 e. The van der Waals surface area contributed by atoms with Gasteiger partial charge in [-0.3, -0.25) is 4.55 Å². The zero-order valence-corrected chi connectivity index (χ0v) is 31.3. The summed E-state index contributed by atoms with van der Waals surface area (Å²) in [5, 5.41) is 12.7. The molecule has 1 aliphatic carbocycles. The monoisotopic (exact) mass is 713 g/mol. The quantitative estimate of drug-likeness (QED) is 0.111. The molecule has 6 nitrogen and oxygen atoms in total. The van der Waals surface area contributed by atoms with E-state index in [1.54, 1.807) is 0 Å². The average Bonchev–Trinajstić information content (AvgIpc) is 3.43. The van der Waals surface area contributed by atoms with Crippen LogP contribution in [0.5, 0.6) is 0 Å². The molecule has 0 amide bonds. The summed E-state index contributed by atoms with van der Waals surface area (Å²) in [6, 6.07) is 21.4. The Morgan fingerprint density at radius 1 is 0.880 bits per heavy atom. The summed E-state index contributed by atoms with van der Waals surface area (Å²) in [5.74, 6) is -0.239. The van der Waals surface area contributed by atoms with Crippen LogP contribution in [0.2, 0.25) is 0 Å². The second-order valence-corrected chi connectivity index (χ2v) is 16.8. The molecule has 0 unspecified atom stereocenters. The molecule has 2 aliphatic heterocycles. The molecule has 0 atom stereocenters. The largest absolute Gasteiger partial charge is 0.396 e. The zero-order valence-electron chi connectivity index (χ0n) is 29.8. The van der Waals surface area contributed by atoms with Crippen molar-refractivity contribution in [3.05, 3.63) is 118 Å². The van der Waals surface area contributed by atoms with Gasteiger partial charge in [-0.15, -0.1) is 0 Å². The van der Waals surface area contributed by atoms with E-state index in [9.17, 15) is 18.1 Å². The molecule has 3 aromatic carbocycles. The highest BCUT2D eigenvalue weighted by molar-refractivity contribution is 7.85. The summed E-state index contributed by atoms with van der Waals surface area (Å²) in [6.07, 6.45) is 14.4. The number of hydrogen-bond acceptors (Lipinski definition) is 4. The lowest BCUT2D eigenvalue weighted by atomic mass is 9.79. The average molecular weight is 714 g/mol. The molecule has 0 bridgehead atoms. The molecule has 2 N–H and O–H groups in total. The number of halogens is 1. The summed E-state index contributed by atoms with van der Waals surface area (Å²) in [4.78, 5) is 2.41. The van der Waals surface area contributed by atoms with Crippen molar-refractivity contribution in [3.8, 4) is 0 Å². The standard InChI is InChI=1S/C42H49ClN2O4S/c1-41(2)34-18-7-8-19-35(34)44(26-9-11-28-46)37(41)24-21-31-15-13-16-32(40(31)43)22-25-38-42(3,4)39-33-17-6-5-14-30(33)20-23-36(39)45(38)27-10-12-29-50(47,48)49/h5-8,14,17-25,46H,9-13,15-16,26-29H2,1-4H3/p+1. The van der Waals surface area contributed by atoms with Gasteiger partial charge in [-0.25, -0.2) is 0 Å². The molecule has 0 aromatic heterocycles. The van der Waals surface area contributed by atoms with Gasteiger partial charge in [0.2, 0.25) is 5.69 Å². The van der Waals surface area contributed by atoms with Gasteiger partial charge in [-0.2, -0.15) is 13.0 Å². The topological polar surface area (TPSA) is 80.8 Å². The van der Waals surface area contributed by atoms with Crippen LogP contribution >= 0.6 is 11.6 Å². The number of aliphatic hydroxyl groups excluding tert-OH is 1. The van der Waals surface area contributed by atoms with E-state index in [2.05, 4.69) is 122 Å². The molecule has 3 aliphatic rings. The lowest BCUT2D eigenvalue weighted by Gasteiger charge is -2.27. The molecule has 50 heavy (non-hydrogen) atoms. The summed E-state index contributed by atoms with van der Waals surface area (Å²) >= 11 is 7.22. The molecule has 264 valence electrons. The molecule has 0 radical (unpaired) electrons. The molecule has 3 aromatic rings. The number of hydrogen-bond donors (Lipinski definition) is 2. The van der Waals surface area contributed by atoms with Crippen molar-refractivity contribution in [2.24, 2.45) is 0 Å². The van der Waals surface area contributed by atoms with Crippen molar-refractivity contribution in [3.63, 3.8) is 0 Å². The Morgan fingerprint density at radius 3 is 2.42 bits per heavy atom. The van der Waals surface area contributed by atoms with Crippen LogP contribution in [0.3, 0.4) is 0 Å². The van der Waals surface area contributed by atoms with Gasteiger partial charge in [-0.05, 0) is 98.1 Å². The molecule has 0 spiro atoms. The molecule has 0 fully saturated rings. The SMILES string of the molecule is CC1(C)C(=CC=C2CCCC(C=CC3=[N+](CCCCS(=O)(=O)O)c4ccc5ccccc5c4C3(C)C)=C2Cl)N(CCCCO)c2ccccc21. The summed E-state index contributed by atoms with van der Waals surface area (Å²) < 4.78 is 34.5. The third-order valence-electron chi connectivity index (χ3n) is 10.7. The molecule has 0 saturated carbocycles. The second kappa shape index (κ2) is 14.6. The molecule has 6 rings (SSSR count). The number of anilines is 1. The second-order valence-electron chi connectivity index (χ2n) is 14.8. The fourth-order valence-electron chi connectivity index (χ4n) is 8.16. The van der Waals surface area contributed by atoms with Crippen LogP contribution in [0, 0.1) is 0 Å². The number of rotatable bonds is 12. The number of allylic oxidation sites excluding steroid dienone is 8. The number of benzene rings is 3. The Morgan fingerprint density at radius 2 is 1.64 bits per heavy atom. The first-order valence-corrected chi connectivity index (χ1v) is 19.9. The maximum atomic E-state index is 11.4. The Labute approximate surface area is 302 Å². The van der Waals surface area contributed by atoms with Gasteiger partial charge < -0.3 is 10.0 Å². The van der Waals surface area contributed by atoms with Crippen LogP contribution in [0.15, 0.2) is 107 Å². The van der Waals surface area contributed by atoms with Crippen molar-refractivity contribution in [2.45, 2.75) is 83.5 Å². The first-order valence-electron chi connectivity index (χ1n) is 17.9. The highest BCUT2D eigenvalue weighted by Crippen LogP contribution is 2.48. The summed E-state index contributed by atoms with van der Waals surface area (Å²) in [5.41, 5.74) is 9.15. The van der Waals surface area contributed by atoms with E-state index in [0.717, 1.165) is 66.2 Å². The minimum atomic E-state index is -4.00. The predicted molar refractivity (Wildman–Crippen MR) is 208 cm³/mol. The predicted octanol–water partition coefficient (Wildman–Crippen LogP) is 9.50. The first kappa shape index (κ1) is 36.3. The summed E-state index contributed by atoms with van der Waals surface area (Å²) in [7, 11) is -4.00. The van der Waals surface area contributed by atoms with E-state index < -0.39 is 10.1 Å². The van der Waals surface area contributed by atoms with E-state index in [1.165, 1.54) is 33.3 Å². The number of unbranched alkanes of at least 4 members (excludes halogenated alkanes) is 2. The fourth-order valence-corrected chi connectivity index (χ4v) is 9.05. The third-order valence-corrected chi connectivity index (χ3v) is 12.0. The van der Waals surface area contributed by atoms with Crippen LogP contribution in [0.4, 0.5) is 11.4 Å². The van der Waals surface area contributed by atoms with Gasteiger partial charge in [0.1, 0.15) is 6.54 Å². The highest BCUT2D eigenvalue weighted by atomic mass is 35.5. The van der Waals surface area contributed by atoms with Gasteiger partial charge in [0, 0.05) is 59.1 Å². The molecular weight excluding hydrogens is 664 g/mol. The number of para-hydroxylation sites is 1. The Kier molecular flexibility index (Phi) is 10.6. The Bertz CT molecular complexity index is 2050. The van der Waals surface area contributed by atoms with E-state index in [-0.39, 0.29) is 23.2 Å². The summed E-state index contributed by atoms with van der Waals surface area (Å²) in [6.45, 7) is 10.8. The van der Waals surface area contributed by atoms with Crippen molar-refractivity contribution in [1.29, 1.82) is 0 Å². The van der Waals surface area contributed by atoms with Gasteiger partial charge in [0.15, 0.2) is 5.71 Å². The van der Waals surface area contributed by atoms with Crippen LogP contribution in [-0.2, 0) is 20.9 Å². The van der Waals surface area contributed by atoms with Crippen molar-refractivity contribution in [2.75, 3.05) is 30.3 Å². The lowest BCUT2D eigenvalue weighted by Crippen LogP contribution is -2.28. The molecular formula is C42H50ClN2O4S+. The highest BCUT2D eigenvalue weighted by Gasteiger charge is 2.45.